The average molecular weight is 112 g/mol. The lowest BCUT2D eigenvalue weighted by Gasteiger charge is -1.98. The van der Waals surface area contributed by atoms with E-state index in [0.717, 1.165) is 0 Å². The number of carbonyl (C=O) groups excluding carboxylic acids is 1. The second-order valence-electron chi connectivity index (χ2n) is 1.24. The Labute approximate surface area is 45.9 Å². The fourth-order valence-corrected chi connectivity index (χ4v) is 0.340. The predicted octanol–water partition coefficient (Wildman–Crippen LogP) is -0.400. The van der Waals surface area contributed by atoms with E-state index in [-0.39, 0.29) is 6.61 Å². The van der Waals surface area contributed by atoms with E-state index >= 15 is 0 Å². The Morgan fingerprint density at radius 1 is 1.88 bits per heavy atom. The SMILES string of the molecule is O=CC1=NN=COC1. The zero-order valence-electron chi connectivity index (χ0n) is 4.07. The summed E-state index contributed by atoms with van der Waals surface area (Å²) in [6, 6.07) is 0. The van der Waals surface area contributed by atoms with Crippen LogP contribution >= 0.6 is 0 Å². The zero-order valence-corrected chi connectivity index (χ0v) is 4.07. The van der Waals surface area contributed by atoms with Crippen molar-refractivity contribution in [1.82, 2.24) is 0 Å². The maximum atomic E-state index is 9.88. The lowest BCUT2D eigenvalue weighted by atomic mass is 10.4. The van der Waals surface area contributed by atoms with E-state index in [1.54, 1.807) is 0 Å². The maximum Gasteiger partial charge on any atom is 0.195 e. The standard InChI is InChI=1S/C4H4N2O2/c7-1-4-2-8-3-5-6-4/h1,3H,2H2. The largest absolute Gasteiger partial charge is 0.475 e. The van der Waals surface area contributed by atoms with Crippen molar-refractivity contribution in [2.45, 2.75) is 0 Å². The molecule has 1 heterocycles. The van der Waals surface area contributed by atoms with Crippen LogP contribution in [-0.4, -0.2) is 25.0 Å². The van der Waals surface area contributed by atoms with Crippen LogP contribution in [-0.2, 0) is 9.53 Å². The molecule has 0 atom stereocenters. The third-order valence-corrected chi connectivity index (χ3v) is 0.675. The number of nitrogens with zero attached hydrogens (tertiary/aromatic N) is 2. The van der Waals surface area contributed by atoms with Gasteiger partial charge in [0.1, 0.15) is 12.3 Å². The molecule has 0 bridgehead atoms. The predicted molar refractivity (Wildman–Crippen MR) is 27.9 cm³/mol. The molecule has 0 aromatic carbocycles. The molecule has 0 spiro atoms. The lowest BCUT2D eigenvalue weighted by Crippen LogP contribution is -2.11. The Balaban J connectivity index is 2.63. The minimum absolute atomic E-state index is 0.243. The van der Waals surface area contributed by atoms with E-state index in [1.807, 2.05) is 0 Å². The third-order valence-electron chi connectivity index (χ3n) is 0.675. The molecule has 0 unspecified atom stereocenters. The van der Waals surface area contributed by atoms with Crippen LogP contribution in [0.25, 0.3) is 0 Å². The first-order valence-electron chi connectivity index (χ1n) is 2.08. The van der Waals surface area contributed by atoms with Crippen LogP contribution in [0.15, 0.2) is 10.2 Å². The monoisotopic (exact) mass is 112 g/mol. The summed E-state index contributed by atoms with van der Waals surface area (Å²) in [7, 11) is 0. The fraction of sp³-hybridized carbons (Fsp3) is 0.250. The van der Waals surface area contributed by atoms with E-state index in [4.69, 9.17) is 0 Å². The van der Waals surface area contributed by atoms with Gasteiger partial charge in [0, 0.05) is 0 Å². The smallest absolute Gasteiger partial charge is 0.195 e. The molecule has 0 amide bonds. The number of rotatable bonds is 1. The normalized spacial score (nSPS) is 16.8. The minimum Gasteiger partial charge on any atom is -0.475 e. The summed E-state index contributed by atoms with van der Waals surface area (Å²) in [5.74, 6) is 0. The van der Waals surface area contributed by atoms with Crippen molar-refractivity contribution >= 4 is 18.4 Å². The van der Waals surface area contributed by atoms with Gasteiger partial charge in [0.25, 0.3) is 0 Å². The molecule has 0 N–H and O–H groups in total. The Bertz CT molecular complexity index is 150. The number of carbonyl (C=O) groups is 1. The van der Waals surface area contributed by atoms with Gasteiger partial charge in [-0.25, -0.2) is 0 Å². The van der Waals surface area contributed by atoms with Crippen LogP contribution in [0.5, 0.6) is 0 Å². The fourth-order valence-electron chi connectivity index (χ4n) is 0.340. The van der Waals surface area contributed by atoms with Crippen molar-refractivity contribution in [1.29, 1.82) is 0 Å². The number of hydrogen-bond donors (Lipinski definition) is 0. The molecule has 0 aliphatic carbocycles. The summed E-state index contributed by atoms with van der Waals surface area (Å²) in [6.45, 7) is 0.243. The lowest BCUT2D eigenvalue weighted by molar-refractivity contribution is -0.102. The van der Waals surface area contributed by atoms with E-state index in [0.29, 0.717) is 12.0 Å². The summed E-state index contributed by atoms with van der Waals surface area (Å²) in [5.41, 5.74) is 0.326. The molecular weight excluding hydrogens is 108 g/mol. The molecular formula is C4H4N2O2. The Kier molecular flexibility index (Phi) is 1.37. The minimum atomic E-state index is 0.243. The first kappa shape index (κ1) is 4.96. The van der Waals surface area contributed by atoms with Gasteiger partial charge in [0.15, 0.2) is 12.7 Å². The Morgan fingerprint density at radius 2 is 2.75 bits per heavy atom. The van der Waals surface area contributed by atoms with Crippen molar-refractivity contribution in [2.24, 2.45) is 10.2 Å². The molecule has 0 radical (unpaired) electrons. The van der Waals surface area contributed by atoms with Gasteiger partial charge in [-0.2, -0.15) is 0 Å². The van der Waals surface area contributed by atoms with E-state index in [1.165, 1.54) is 6.40 Å². The van der Waals surface area contributed by atoms with Gasteiger partial charge in [-0.1, -0.05) is 0 Å². The van der Waals surface area contributed by atoms with Crippen LogP contribution in [0.2, 0.25) is 0 Å². The van der Waals surface area contributed by atoms with Gasteiger partial charge < -0.3 is 4.74 Å². The zero-order chi connectivity index (χ0) is 5.82. The van der Waals surface area contributed by atoms with E-state index in [2.05, 4.69) is 14.9 Å². The Hall–Kier alpha value is -1.19. The van der Waals surface area contributed by atoms with Crippen LogP contribution in [0, 0.1) is 0 Å². The molecule has 4 nitrogen and oxygen atoms in total. The number of ether oxygens (including phenoxy) is 1. The summed E-state index contributed by atoms with van der Waals surface area (Å²) in [5, 5.41) is 6.78. The van der Waals surface area contributed by atoms with Gasteiger partial charge >= 0.3 is 0 Å². The topological polar surface area (TPSA) is 51.0 Å². The molecule has 42 valence electrons. The summed E-state index contributed by atoms with van der Waals surface area (Å²) in [4.78, 5) is 9.88. The molecule has 0 aromatic heterocycles. The highest BCUT2D eigenvalue weighted by Crippen LogP contribution is 1.84. The first-order valence-corrected chi connectivity index (χ1v) is 2.08. The highest BCUT2D eigenvalue weighted by molar-refractivity contribution is 6.29. The van der Waals surface area contributed by atoms with Gasteiger partial charge in [-0.15, -0.1) is 10.2 Å². The van der Waals surface area contributed by atoms with Crippen LogP contribution in [0.1, 0.15) is 0 Å². The van der Waals surface area contributed by atoms with Crippen LogP contribution in [0.4, 0.5) is 0 Å². The van der Waals surface area contributed by atoms with Gasteiger partial charge in [0.2, 0.25) is 0 Å². The molecule has 1 aliphatic rings. The third kappa shape index (κ3) is 0.900. The molecule has 0 aromatic rings. The summed E-state index contributed by atoms with van der Waals surface area (Å²) in [6.07, 6.45) is 1.82. The number of hydrogen-bond acceptors (Lipinski definition) is 4. The summed E-state index contributed by atoms with van der Waals surface area (Å²) >= 11 is 0. The summed E-state index contributed by atoms with van der Waals surface area (Å²) < 4.78 is 4.62. The van der Waals surface area contributed by atoms with E-state index in [9.17, 15) is 4.79 Å². The quantitative estimate of drug-likeness (QED) is 0.433. The molecule has 1 aliphatic heterocycles. The van der Waals surface area contributed by atoms with Gasteiger partial charge in [-0.05, 0) is 0 Å². The average Bonchev–Trinajstić information content (AvgIpc) is 1.90. The van der Waals surface area contributed by atoms with Crippen LogP contribution in [0.3, 0.4) is 0 Å². The Morgan fingerprint density at radius 3 is 3.12 bits per heavy atom. The van der Waals surface area contributed by atoms with Crippen LogP contribution < -0.4 is 0 Å². The van der Waals surface area contributed by atoms with Crippen molar-refractivity contribution in [3.05, 3.63) is 0 Å². The second-order valence-corrected chi connectivity index (χ2v) is 1.24. The first-order chi connectivity index (χ1) is 3.93. The molecule has 0 fully saturated rings. The highest BCUT2D eigenvalue weighted by Gasteiger charge is 1.98. The van der Waals surface area contributed by atoms with Gasteiger partial charge in [-0.3, -0.25) is 4.79 Å². The molecule has 8 heavy (non-hydrogen) atoms. The second kappa shape index (κ2) is 2.20. The van der Waals surface area contributed by atoms with Crippen molar-refractivity contribution in [3.8, 4) is 0 Å². The van der Waals surface area contributed by atoms with Crippen molar-refractivity contribution in [3.63, 3.8) is 0 Å². The molecule has 1 rings (SSSR count). The number of aldehydes is 1. The van der Waals surface area contributed by atoms with E-state index < -0.39 is 0 Å². The molecule has 0 saturated heterocycles. The molecule has 0 saturated carbocycles. The van der Waals surface area contributed by atoms with Gasteiger partial charge in [0.05, 0.1) is 0 Å². The van der Waals surface area contributed by atoms with Crippen molar-refractivity contribution in [2.75, 3.05) is 6.61 Å². The van der Waals surface area contributed by atoms with Crippen molar-refractivity contribution < 1.29 is 9.53 Å². The maximum absolute atomic E-state index is 9.88. The highest BCUT2D eigenvalue weighted by atomic mass is 16.5. The molecule has 4 heteroatoms.